The van der Waals surface area contributed by atoms with Gasteiger partial charge >= 0.3 is 0 Å². The van der Waals surface area contributed by atoms with Crippen LogP contribution >= 0.6 is 0 Å². The molecule has 122 valence electrons. The molecule has 0 radical (unpaired) electrons. The third-order valence-corrected chi connectivity index (χ3v) is 4.26. The number of hydrogen-bond donors (Lipinski definition) is 1. The van der Waals surface area contributed by atoms with Crippen molar-refractivity contribution in [2.45, 2.75) is 6.92 Å². The van der Waals surface area contributed by atoms with E-state index in [1.165, 1.54) is 12.1 Å². The highest BCUT2D eigenvalue weighted by Crippen LogP contribution is 2.27. The molecule has 0 fully saturated rings. The SMILES string of the molecule is Cc1ccc(F)cc1-c1cccc(-c2nc3ccccc3c(=O)[nH]2)c1. The maximum absolute atomic E-state index is 13.6. The highest BCUT2D eigenvalue weighted by molar-refractivity contribution is 5.80. The van der Waals surface area contributed by atoms with E-state index in [2.05, 4.69) is 9.97 Å². The minimum atomic E-state index is -0.275. The van der Waals surface area contributed by atoms with Crippen LogP contribution in [0.3, 0.4) is 0 Å². The minimum Gasteiger partial charge on any atom is -0.306 e. The molecule has 0 saturated carbocycles. The second kappa shape index (κ2) is 5.98. The van der Waals surface area contributed by atoms with Crippen LogP contribution in [-0.2, 0) is 0 Å². The number of aromatic amines is 1. The van der Waals surface area contributed by atoms with Gasteiger partial charge < -0.3 is 4.98 Å². The highest BCUT2D eigenvalue weighted by Gasteiger charge is 2.09. The second-order valence-electron chi connectivity index (χ2n) is 5.97. The standard InChI is InChI=1S/C21H15FN2O/c1-13-9-10-16(22)12-18(13)14-5-4-6-15(11-14)20-23-19-8-3-2-7-17(19)21(25)24-20/h2-12H,1H3,(H,23,24,25). The molecule has 1 N–H and O–H groups in total. The summed E-state index contributed by atoms with van der Waals surface area (Å²) in [5.74, 6) is 0.225. The molecular weight excluding hydrogens is 315 g/mol. The van der Waals surface area contributed by atoms with Crippen LogP contribution in [0.4, 0.5) is 4.39 Å². The first kappa shape index (κ1) is 15.3. The number of aryl methyl sites for hydroxylation is 1. The molecule has 4 heteroatoms. The van der Waals surface area contributed by atoms with E-state index >= 15 is 0 Å². The van der Waals surface area contributed by atoms with E-state index in [1.54, 1.807) is 12.1 Å². The number of fused-ring (bicyclic) bond motifs is 1. The molecule has 0 unspecified atom stereocenters. The molecule has 4 rings (SSSR count). The lowest BCUT2D eigenvalue weighted by atomic mass is 9.98. The maximum atomic E-state index is 13.6. The quantitative estimate of drug-likeness (QED) is 0.579. The van der Waals surface area contributed by atoms with E-state index in [-0.39, 0.29) is 11.4 Å². The summed E-state index contributed by atoms with van der Waals surface area (Å²) in [6.07, 6.45) is 0. The van der Waals surface area contributed by atoms with Crippen molar-refractivity contribution < 1.29 is 4.39 Å². The lowest BCUT2D eigenvalue weighted by molar-refractivity contribution is 0.628. The summed E-state index contributed by atoms with van der Waals surface area (Å²) in [5.41, 5.74) is 3.94. The van der Waals surface area contributed by atoms with E-state index in [0.29, 0.717) is 16.7 Å². The largest absolute Gasteiger partial charge is 0.306 e. The third-order valence-electron chi connectivity index (χ3n) is 4.26. The third kappa shape index (κ3) is 2.83. The fraction of sp³-hybridized carbons (Fsp3) is 0.0476. The predicted octanol–water partition coefficient (Wildman–Crippen LogP) is 4.70. The van der Waals surface area contributed by atoms with Gasteiger partial charge in [-0.2, -0.15) is 0 Å². The summed E-state index contributed by atoms with van der Waals surface area (Å²) < 4.78 is 13.6. The highest BCUT2D eigenvalue weighted by atomic mass is 19.1. The first-order valence-electron chi connectivity index (χ1n) is 7.98. The number of nitrogens with one attached hydrogen (secondary N) is 1. The molecule has 3 nitrogen and oxygen atoms in total. The van der Waals surface area contributed by atoms with Crippen molar-refractivity contribution in [3.05, 3.63) is 88.5 Å². The average molecular weight is 330 g/mol. The van der Waals surface area contributed by atoms with E-state index in [4.69, 9.17) is 0 Å². The van der Waals surface area contributed by atoms with Gasteiger partial charge in [0, 0.05) is 5.56 Å². The number of benzene rings is 3. The lowest BCUT2D eigenvalue weighted by Crippen LogP contribution is -2.09. The molecule has 3 aromatic carbocycles. The summed E-state index contributed by atoms with van der Waals surface area (Å²) in [4.78, 5) is 19.7. The van der Waals surface area contributed by atoms with Gasteiger partial charge in [-0.1, -0.05) is 36.4 Å². The number of rotatable bonds is 2. The van der Waals surface area contributed by atoms with E-state index < -0.39 is 0 Å². The molecule has 0 spiro atoms. The zero-order valence-corrected chi connectivity index (χ0v) is 13.6. The molecule has 0 bridgehead atoms. The van der Waals surface area contributed by atoms with Gasteiger partial charge in [0.2, 0.25) is 0 Å². The maximum Gasteiger partial charge on any atom is 0.259 e. The van der Waals surface area contributed by atoms with Crippen LogP contribution < -0.4 is 5.56 Å². The minimum absolute atomic E-state index is 0.173. The van der Waals surface area contributed by atoms with Gasteiger partial charge in [-0.25, -0.2) is 9.37 Å². The van der Waals surface area contributed by atoms with Crippen LogP contribution in [0.25, 0.3) is 33.4 Å². The molecule has 0 aliphatic carbocycles. The Labute approximate surface area is 143 Å². The summed E-state index contributed by atoms with van der Waals surface area (Å²) in [6, 6.07) is 19.5. The van der Waals surface area contributed by atoms with Gasteiger partial charge in [0.25, 0.3) is 5.56 Å². The van der Waals surface area contributed by atoms with Crippen LogP contribution in [0.15, 0.2) is 71.5 Å². The Morgan fingerprint density at radius 3 is 2.60 bits per heavy atom. The first-order valence-corrected chi connectivity index (χ1v) is 7.98. The molecule has 0 aliphatic heterocycles. The van der Waals surface area contributed by atoms with Crippen molar-refractivity contribution in [1.29, 1.82) is 0 Å². The second-order valence-corrected chi connectivity index (χ2v) is 5.97. The van der Waals surface area contributed by atoms with Crippen LogP contribution in [0.1, 0.15) is 5.56 Å². The Morgan fingerprint density at radius 1 is 0.920 bits per heavy atom. The molecule has 0 atom stereocenters. The summed E-state index contributed by atoms with van der Waals surface area (Å²) in [7, 11) is 0. The van der Waals surface area contributed by atoms with Crippen LogP contribution in [0, 0.1) is 12.7 Å². The van der Waals surface area contributed by atoms with Crippen molar-refractivity contribution in [3.8, 4) is 22.5 Å². The number of aromatic nitrogens is 2. The molecule has 1 heterocycles. The van der Waals surface area contributed by atoms with Gasteiger partial charge in [-0.05, 0) is 53.9 Å². The van der Waals surface area contributed by atoms with E-state index in [9.17, 15) is 9.18 Å². The van der Waals surface area contributed by atoms with Crippen LogP contribution in [0.2, 0.25) is 0 Å². The molecule has 25 heavy (non-hydrogen) atoms. The zero-order chi connectivity index (χ0) is 17.4. The fourth-order valence-electron chi connectivity index (χ4n) is 2.96. The Bertz CT molecular complexity index is 1150. The van der Waals surface area contributed by atoms with Gasteiger partial charge in [0.1, 0.15) is 11.6 Å². The Kier molecular flexibility index (Phi) is 3.65. The van der Waals surface area contributed by atoms with Gasteiger partial charge in [-0.15, -0.1) is 0 Å². The smallest absolute Gasteiger partial charge is 0.259 e. The number of para-hydroxylation sites is 1. The summed E-state index contributed by atoms with van der Waals surface area (Å²) >= 11 is 0. The molecule has 0 amide bonds. The molecule has 4 aromatic rings. The van der Waals surface area contributed by atoms with Crippen molar-refractivity contribution in [2.24, 2.45) is 0 Å². The molecule has 0 aliphatic rings. The molecule has 0 saturated heterocycles. The monoisotopic (exact) mass is 330 g/mol. The normalized spacial score (nSPS) is 11.0. The van der Waals surface area contributed by atoms with Crippen molar-refractivity contribution in [3.63, 3.8) is 0 Å². The van der Waals surface area contributed by atoms with Crippen molar-refractivity contribution >= 4 is 10.9 Å². The Morgan fingerprint density at radius 2 is 1.72 bits per heavy atom. The van der Waals surface area contributed by atoms with E-state index in [0.717, 1.165) is 22.3 Å². The fourth-order valence-corrected chi connectivity index (χ4v) is 2.96. The molecular formula is C21H15FN2O. The first-order chi connectivity index (χ1) is 12.1. The van der Waals surface area contributed by atoms with E-state index in [1.807, 2.05) is 49.4 Å². The van der Waals surface area contributed by atoms with Gasteiger partial charge in [-0.3, -0.25) is 4.79 Å². The Hall–Kier alpha value is -3.27. The van der Waals surface area contributed by atoms with Crippen LogP contribution in [0.5, 0.6) is 0 Å². The van der Waals surface area contributed by atoms with Crippen molar-refractivity contribution in [2.75, 3.05) is 0 Å². The average Bonchev–Trinajstić information content (AvgIpc) is 2.64. The Balaban J connectivity index is 1.88. The van der Waals surface area contributed by atoms with Crippen LogP contribution in [-0.4, -0.2) is 9.97 Å². The number of nitrogens with zero attached hydrogens (tertiary/aromatic N) is 1. The topological polar surface area (TPSA) is 45.8 Å². The number of H-pyrrole nitrogens is 1. The summed E-state index contributed by atoms with van der Waals surface area (Å²) in [6.45, 7) is 1.94. The summed E-state index contributed by atoms with van der Waals surface area (Å²) in [5, 5.41) is 0.559. The van der Waals surface area contributed by atoms with Gasteiger partial charge in [0.15, 0.2) is 0 Å². The van der Waals surface area contributed by atoms with Gasteiger partial charge in [0.05, 0.1) is 10.9 Å². The predicted molar refractivity (Wildman–Crippen MR) is 97.9 cm³/mol. The molecule has 1 aromatic heterocycles. The van der Waals surface area contributed by atoms with Crippen molar-refractivity contribution in [1.82, 2.24) is 9.97 Å². The lowest BCUT2D eigenvalue weighted by Gasteiger charge is -2.09. The zero-order valence-electron chi connectivity index (χ0n) is 13.6. The number of halogens is 1. The number of hydrogen-bond acceptors (Lipinski definition) is 2.